The average Bonchev–Trinajstić information content (AvgIpc) is 2.61. The Kier molecular flexibility index (Phi) is 6.80. The Bertz CT molecular complexity index is 835. The van der Waals surface area contributed by atoms with Gasteiger partial charge >= 0.3 is 0 Å². The summed E-state index contributed by atoms with van der Waals surface area (Å²) in [6, 6.07) is 17.1. The summed E-state index contributed by atoms with van der Waals surface area (Å²) in [4.78, 5) is 14.1. The molecule has 0 N–H and O–H groups in total. The summed E-state index contributed by atoms with van der Waals surface area (Å²) in [7, 11) is -1.73. The van der Waals surface area contributed by atoms with Gasteiger partial charge in [0.25, 0.3) is 0 Å². The van der Waals surface area contributed by atoms with Crippen LogP contribution in [-0.2, 0) is 27.8 Å². The van der Waals surface area contributed by atoms with Gasteiger partial charge in [0.05, 0.1) is 11.9 Å². The third-order valence-electron chi connectivity index (χ3n) is 4.26. The topological polar surface area (TPSA) is 57.7 Å². The Morgan fingerprint density at radius 1 is 1.00 bits per heavy atom. The number of aryl methyl sites for hydroxylation is 1. The van der Waals surface area contributed by atoms with Gasteiger partial charge in [-0.15, -0.1) is 0 Å². The van der Waals surface area contributed by atoms with E-state index in [0.717, 1.165) is 17.5 Å². The number of hydrogen-bond donors (Lipinski definition) is 0. The molecule has 2 aromatic carbocycles. The molecule has 0 unspecified atom stereocenters. The molecule has 140 valence electrons. The zero-order valence-electron chi connectivity index (χ0n) is 15.6. The van der Waals surface area contributed by atoms with Gasteiger partial charge in [-0.05, 0) is 23.6 Å². The molecule has 1 amide bonds. The van der Waals surface area contributed by atoms with Crippen LogP contribution < -0.4 is 4.31 Å². The van der Waals surface area contributed by atoms with Gasteiger partial charge < -0.3 is 4.90 Å². The number of benzene rings is 2. The number of sulfonamides is 1. The molecule has 0 aliphatic carbocycles. The van der Waals surface area contributed by atoms with E-state index in [2.05, 4.69) is 0 Å². The number of carbonyl (C=O) groups excluding carboxylic acids is 1. The first-order chi connectivity index (χ1) is 12.3. The quantitative estimate of drug-likeness (QED) is 0.713. The second kappa shape index (κ2) is 8.85. The number of anilines is 1. The molecule has 6 heteroatoms. The van der Waals surface area contributed by atoms with E-state index < -0.39 is 10.0 Å². The zero-order valence-corrected chi connectivity index (χ0v) is 16.4. The van der Waals surface area contributed by atoms with Crippen molar-refractivity contribution >= 4 is 21.6 Å². The maximum atomic E-state index is 12.5. The van der Waals surface area contributed by atoms with E-state index in [1.165, 1.54) is 10.6 Å². The molecular formula is C20H26N2O3S. The first kappa shape index (κ1) is 20.0. The summed E-state index contributed by atoms with van der Waals surface area (Å²) in [5.74, 6) is -0.0866. The van der Waals surface area contributed by atoms with Crippen LogP contribution in [0.3, 0.4) is 0 Å². The summed E-state index contributed by atoms with van der Waals surface area (Å²) < 4.78 is 25.9. The monoisotopic (exact) mass is 374 g/mol. The van der Waals surface area contributed by atoms with Gasteiger partial charge in [-0.2, -0.15) is 0 Å². The Balaban J connectivity index is 2.09. The van der Waals surface area contributed by atoms with E-state index in [1.807, 2.05) is 55.5 Å². The predicted octanol–water partition coefficient (Wildman–Crippen LogP) is 3.06. The number of rotatable bonds is 8. The smallest absolute Gasteiger partial charge is 0.232 e. The Morgan fingerprint density at radius 3 is 2.23 bits per heavy atom. The van der Waals surface area contributed by atoms with Crippen LogP contribution in [0.15, 0.2) is 54.6 Å². The summed E-state index contributed by atoms with van der Waals surface area (Å²) >= 11 is 0. The van der Waals surface area contributed by atoms with Crippen LogP contribution in [0.25, 0.3) is 0 Å². The van der Waals surface area contributed by atoms with Crippen molar-refractivity contribution in [2.75, 3.05) is 24.2 Å². The van der Waals surface area contributed by atoms with E-state index in [9.17, 15) is 13.2 Å². The predicted molar refractivity (Wildman–Crippen MR) is 106 cm³/mol. The molecule has 0 saturated heterocycles. The van der Waals surface area contributed by atoms with Gasteiger partial charge in [-0.3, -0.25) is 9.10 Å². The van der Waals surface area contributed by atoms with E-state index >= 15 is 0 Å². The highest BCUT2D eigenvalue weighted by atomic mass is 32.2. The van der Waals surface area contributed by atoms with E-state index in [-0.39, 0.29) is 18.9 Å². The number of para-hydroxylation sites is 1. The largest absolute Gasteiger partial charge is 0.341 e. The lowest BCUT2D eigenvalue weighted by Gasteiger charge is -2.25. The van der Waals surface area contributed by atoms with Crippen LogP contribution in [0.4, 0.5) is 5.69 Å². The van der Waals surface area contributed by atoms with Crippen molar-refractivity contribution in [1.29, 1.82) is 0 Å². The molecule has 0 heterocycles. The molecule has 0 radical (unpaired) electrons. The summed E-state index contributed by atoms with van der Waals surface area (Å²) in [6.07, 6.45) is 2.04. The highest BCUT2D eigenvalue weighted by Gasteiger charge is 2.21. The van der Waals surface area contributed by atoms with Crippen LogP contribution in [0.2, 0.25) is 0 Å². The lowest BCUT2D eigenvalue weighted by molar-refractivity contribution is -0.130. The van der Waals surface area contributed by atoms with Gasteiger partial charge in [0.15, 0.2) is 0 Å². The standard InChI is InChI=1S/C20H26N2O3S/c1-4-18-12-8-9-13-19(18)22(26(3,24)25)15-14-20(23)21(2)16-17-10-6-5-7-11-17/h5-13H,4,14-16H2,1-3H3. The highest BCUT2D eigenvalue weighted by molar-refractivity contribution is 7.92. The maximum Gasteiger partial charge on any atom is 0.232 e. The van der Waals surface area contributed by atoms with Crippen molar-refractivity contribution in [3.05, 3.63) is 65.7 Å². The molecule has 0 fully saturated rings. The fourth-order valence-electron chi connectivity index (χ4n) is 2.85. The molecular weight excluding hydrogens is 348 g/mol. The minimum atomic E-state index is -3.47. The van der Waals surface area contributed by atoms with E-state index in [0.29, 0.717) is 12.2 Å². The molecule has 26 heavy (non-hydrogen) atoms. The minimum absolute atomic E-state index is 0.0866. The first-order valence-electron chi connectivity index (χ1n) is 8.66. The van der Waals surface area contributed by atoms with Crippen molar-refractivity contribution in [3.63, 3.8) is 0 Å². The van der Waals surface area contributed by atoms with Gasteiger partial charge in [0, 0.05) is 26.6 Å². The molecule has 0 aliphatic rings. The molecule has 0 saturated carbocycles. The van der Waals surface area contributed by atoms with Crippen LogP contribution in [-0.4, -0.2) is 39.1 Å². The third-order valence-corrected chi connectivity index (χ3v) is 5.44. The van der Waals surface area contributed by atoms with Gasteiger partial charge in [0.2, 0.25) is 15.9 Å². The molecule has 5 nitrogen and oxygen atoms in total. The third kappa shape index (κ3) is 5.33. The Labute approximate surface area is 156 Å². The zero-order chi connectivity index (χ0) is 19.2. The van der Waals surface area contributed by atoms with Crippen molar-refractivity contribution in [3.8, 4) is 0 Å². The van der Waals surface area contributed by atoms with Crippen LogP contribution in [0, 0.1) is 0 Å². The van der Waals surface area contributed by atoms with Gasteiger partial charge in [0.1, 0.15) is 0 Å². The number of carbonyl (C=O) groups is 1. The van der Waals surface area contributed by atoms with Gasteiger partial charge in [-0.1, -0.05) is 55.5 Å². The lowest BCUT2D eigenvalue weighted by Crippen LogP contribution is -2.35. The van der Waals surface area contributed by atoms with Gasteiger partial charge in [-0.25, -0.2) is 8.42 Å². The Hall–Kier alpha value is -2.34. The number of hydrogen-bond acceptors (Lipinski definition) is 3. The molecule has 0 bridgehead atoms. The number of nitrogens with zero attached hydrogens (tertiary/aromatic N) is 2. The second-order valence-corrected chi connectivity index (χ2v) is 8.21. The van der Waals surface area contributed by atoms with Crippen molar-refractivity contribution in [2.24, 2.45) is 0 Å². The summed E-state index contributed by atoms with van der Waals surface area (Å²) in [5.41, 5.74) is 2.64. The van der Waals surface area contributed by atoms with Crippen LogP contribution >= 0.6 is 0 Å². The average molecular weight is 375 g/mol. The van der Waals surface area contributed by atoms with E-state index in [4.69, 9.17) is 0 Å². The molecule has 2 aromatic rings. The summed E-state index contributed by atoms with van der Waals surface area (Å²) in [5, 5.41) is 0. The molecule has 0 atom stereocenters. The molecule has 0 spiro atoms. The first-order valence-corrected chi connectivity index (χ1v) is 10.5. The normalized spacial score (nSPS) is 11.2. The summed E-state index contributed by atoms with van der Waals surface area (Å²) in [6.45, 7) is 2.62. The SMILES string of the molecule is CCc1ccccc1N(CCC(=O)N(C)Cc1ccccc1)S(C)(=O)=O. The molecule has 0 aromatic heterocycles. The number of amides is 1. The fourth-order valence-corrected chi connectivity index (χ4v) is 3.81. The van der Waals surface area contributed by atoms with Crippen molar-refractivity contribution in [1.82, 2.24) is 4.90 Å². The van der Waals surface area contributed by atoms with Crippen molar-refractivity contribution in [2.45, 2.75) is 26.3 Å². The molecule has 2 rings (SSSR count). The highest BCUT2D eigenvalue weighted by Crippen LogP contribution is 2.23. The lowest BCUT2D eigenvalue weighted by atomic mass is 10.1. The fraction of sp³-hybridized carbons (Fsp3) is 0.350. The molecule has 0 aliphatic heterocycles. The van der Waals surface area contributed by atoms with Crippen LogP contribution in [0.1, 0.15) is 24.5 Å². The second-order valence-electron chi connectivity index (χ2n) is 6.30. The minimum Gasteiger partial charge on any atom is -0.341 e. The Morgan fingerprint density at radius 2 is 1.62 bits per heavy atom. The maximum absolute atomic E-state index is 12.5. The van der Waals surface area contributed by atoms with Crippen molar-refractivity contribution < 1.29 is 13.2 Å². The van der Waals surface area contributed by atoms with Crippen LogP contribution in [0.5, 0.6) is 0 Å². The van der Waals surface area contributed by atoms with E-state index in [1.54, 1.807) is 18.0 Å².